The molecule has 0 aliphatic rings. The van der Waals surface area contributed by atoms with E-state index in [4.69, 9.17) is 5.73 Å². The van der Waals surface area contributed by atoms with Gasteiger partial charge in [0.2, 0.25) is 5.91 Å². The van der Waals surface area contributed by atoms with E-state index in [1.165, 1.54) is 34.2 Å². The molecule has 2 aromatic rings. The molecule has 0 atom stereocenters. The van der Waals surface area contributed by atoms with Crippen LogP contribution < -0.4 is 5.73 Å². The first-order valence-electron chi connectivity index (χ1n) is 5.57. The van der Waals surface area contributed by atoms with E-state index < -0.39 is 0 Å². The Morgan fingerprint density at radius 3 is 2.63 bits per heavy atom. The quantitative estimate of drug-likeness (QED) is 0.831. The summed E-state index contributed by atoms with van der Waals surface area (Å²) in [5, 5.41) is 8.12. The highest BCUT2D eigenvalue weighted by atomic mass is 32.2. The first-order chi connectivity index (χ1) is 9.15. The molecule has 0 spiro atoms. The largest absolute Gasteiger partial charge is 0.369 e. The lowest BCUT2D eigenvalue weighted by Crippen LogP contribution is -2.12. The normalized spacial score (nSPS) is 10.6. The van der Waals surface area contributed by atoms with Gasteiger partial charge in [0.25, 0.3) is 0 Å². The summed E-state index contributed by atoms with van der Waals surface area (Å²) in [7, 11) is 0. The van der Waals surface area contributed by atoms with Crippen LogP contribution in [0.1, 0.15) is 11.1 Å². The lowest BCUT2D eigenvalue weighted by atomic mass is 10.1. The number of amides is 1. The van der Waals surface area contributed by atoms with E-state index in [1.807, 2.05) is 12.1 Å². The van der Waals surface area contributed by atoms with Crippen molar-refractivity contribution < 1.29 is 4.79 Å². The maximum absolute atomic E-state index is 10.7. The van der Waals surface area contributed by atoms with E-state index in [2.05, 4.69) is 29.3 Å². The van der Waals surface area contributed by atoms with Crippen LogP contribution in [-0.4, -0.2) is 21.9 Å². The number of primary amides is 1. The fraction of sp³-hybridized carbons (Fsp3) is 0.250. The van der Waals surface area contributed by atoms with E-state index in [9.17, 15) is 4.79 Å². The molecule has 0 unspecified atom stereocenters. The van der Waals surface area contributed by atoms with Gasteiger partial charge in [0, 0.05) is 5.75 Å². The number of aromatic nitrogens is 2. The van der Waals surface area contributed by atoms with Crippen molar-refractivity contribution in [1.29, 1.82) is 0 Å². The van der Waals surface area contributed by atoms with Crippen LogP contribution >= 0.6 is 34.9 Å². The second-order valence-corrected chi connectivity index (χ2v) is 7.23. The molecule has 0 aliphatic carbocycles. The molecule has 1 amide bonds. The van der Waals surface area contributed by atoms with Gasteiger partial charge in [-0.3, -0.25) is 4.79 Å². The minimum absolute atomic E-state index is 0.247. The molecule has 0 radical (unpaired) electrons. The average molecular weight is 311 g/mol. The molecular weight excluding hydrogens is 298 g/mol. The van der Waals surface area contributed by atoms with Crippen LogP contribution in [0.4, 0.5) is 0 Å². The zero-order chi connectivity index (χ0) is 13.7. The van der Waals surface area contributed by atoms with Crippen molar-refractivity contribution in [3.63, 3.8) is 0 Å². The van der Waals surface area contributed by atoms with Crippen molar-refractivity contribution in [3.8, 4) is 0 Å². The molecular formula is C12H13N3OS3. The van der Waals surface area contributed by atoms with E-state index in [0.29, 0.717) is 0 Å². The Balaban J connectivity index is 1.90. The lowest BCUT2D eigenvalue weighted by molar-refractivity contribution is -0.115. The standard InChI is InChI=1S/C12H13N3OS3/c1-8-4-2-3-5-9(8)6-17-11-14-15-12(19-11)18-7-10(13)16/h2-5H,6-7H2,1H3,(H2,13,16). The fourth-order valence-corrected chi connectivity index (χ4v) is 4.19. The predicted octanol–water partition coefficient (Wildman–Crippen LogP) is 2.72. The smallest absolute Gasteiger partial charge is 0.227 e. The van der Waals surface area contributed by atoms with Crippen molar-refractivity contribution in [2.24, 2.45) is 5.73 Å². The minimum atomic E-state index is -0.339. The summed E-state index contributed by atoms with van der Waals surface area (Å²) in [5.41, 5.74) is 7.67. The second-order valence-electron chi connectivity index (χ2n) is 3.80. The van der Waals surface area contributed by atoms with Gasteiger partial charge in [0.1, 0.15) is 0 Å². The number of carbonyl (C=O) groups excluding carboxylic acids is 1. The van der Waals surface area contributed by atoms with Gasteiger partial charge in [0.15, 0.2) is 8.68 Å². The summed E-state index contributed by atoms with van der Waals surface area (Å²) in [5.74, 6) is 0.785. The first-order valence-corrected chi connectivity index (χ1v) is 8.36. The van der Waals surface area contributed by atoms with Gasteiger partial charge in [-0.05, 0) is 18.1 Å². The van der Waals surface area contributed by atoms with Crippen LogP contribution in [0.5, 0.6) is 0 Å². The van der Waals surface area contributed by atoms with Crippen LogP contribution in [-0.2, 0) is 10.5 Å². The molecule has 0 bridgehead atoms. The predicted molar refractivity (Wildman–Crippen MR) is 80.6 cm³/mol. The Bertz CT molecular complexity index is 571. The molecule has 1 aromatic carbocycles. The molecule has 0 saturated carbocycles. The van der Waals surface area contributed by atoms with Crippen LogP contribution in [0.15, 0.2) is 32.9 Å². The maximum Gasteiger partial charge on any atom is 0.227 e. The van der Waals surface area contributed by atoms with Crippen molar-refractivity contribution in [1.82, 2.24) is 10.2 Å². The Kier molecular flexibility index (Phi) is 5.24. The maximum atomic E-state index is 10.7. The Labute approximate surface area is 124 Å². The Morgan fingerprint density at radius 1 is 1.26 bits per heavy atom. The highest BCUT2D eigenvalue weighted by Gasteiger charge is 2.07. The monoisotopic (exact) mass is 311 g/mol. The van der Waals surface area contributed by atoms with Crippen LogP contribution in [0, 0.1) is 6.92 Å². The SMILES string of the molecule is Cc1ccccc1CSc1nnc(SCC(N)=O)s1. The van der Waals surface area contributed by atoms with Crippen molar-refractivity contribution >= 4 is 40.8 Å². The minimum Gasteiger partial charge on any atom is -0.369 e. The molecule has 0 fully saturated rings. The fourth-order valence-electron chi connectivity index (χ4n) is 1.36. The van der Waals surface area contributed by atoms with Gasteiger partial charge in [-0.25, -0.2) is 0 Å². The molecule has 2 N–H and O–H groups in total. The number of carbonyl (C=O) groups is 1. The molecule has 1 heterocycles. The zero-order valence-electron chi connectivity index (χ0n) is 10.3. The number of nitrogens with zero attached hydrogens (tertiary/aromatic N) is 2. The Morgan fingerprint density at radius 2 is 1.95 bits per heavy atom. The number of hydrogen-bond donors (Lipinski definition) is 1. The summed E-state index contributed by atoms with van der Waals surface area (Å²) in [6.45, 7) is 2.10. The summed E-state index contributed by atoms with van der Waals surface area (Å²) >= 11 is 4.49. The van der Waals surface area contributed by atoms with Crippen molar-refractivity contribution in [2.75, 3.05) is 5.75 Å². The molecule has 0 aliphatic heterocycles. The molecule has 2 rings (SSSR count). The molecule has 1 aromatic heterocycles. The molecule has 4 nitrogen and oxygen atoms in total. The summed E-state index contributed by atoms with van der Waals surface area (Å²) in [6.07, 6.45) is 0. The van der Waals surface area contributed by atoms with Crippen LogP contribution in [0.3, 0.4) is 0 Å². The second kappa shape index (κ2) is 6.93. The topological polar surface area (TPSA) is 68.9 Å². The number of hydrogen-bond acceptors (Lipinski definition) is 6. The summed E-state index contributed by atoms with van der Waals surface area (Å²) in [4.78, 5) is 10.7. The van der Waals surface area contributed by atoms with E-state index in [-0.39, 0.29) is 11.7 Å². The van der Waals surface area contributed by atoms with Crippen molar-refractivity contribution in [2.45, 2.75) is 21.4 Å². The van der Waals surface area contributed by atoms with Crippen LogP contribution in [0.2, 0.25) is 0 Å². The van der Waals surface area contributed by atoms with Gasteiger partial charge < -0.3 is 5.73 Å². The molecule has 7 heteroatoms. The number of aryl methyl sites for hydroxylation is 1. The van der Waals surface area contributed by atoms with E-state index in [1.54, 1.807) is 11.8 Å². The third-order valence-corrected chi connectivity index (χ3v) is 5.60. The number of rotatable bonds is 6. The third-order valence-electron chi connectivity index (χ3n) is 2.34. The number of nitrogens with two attached hydrogens (primary N) is 1. The van der Waals surface area contributed by atoms with E-state index >= 15 is 0 Å². The summed E-state index contributed by atoms with van der Waals surface area (Å²) < 4.78 is 1.70. The third kappa shape index (κ3) is 4.52. The highest BCUT2D eigenvalue weighted by Crippen LogP contribution is 2.31. The Hall–Kier alpha value is -1.05. The number of thioether (sulfide) groups is 2. The summed E-state index contributed by atoms with van der Waals surface area (Å²) in [6, 6.07) is 8.29. The van der Waals surface area contributed by atoms with Crippen molar-refractivity contribution in [3.05, 3.63) is 35.4 Å². The molecule has 19 heavy (non-hydrogen) atoms. The molecule has 0 saturated heterocycles. The van der Waals surface area contributed by atoms with Gasteiger partial charge in [-0.15, -0.1) is 10.2 Å². The van der Waals surface area contributed by atoms with Crippen LogP contribution in [0.25, 0.3) is 0 Å². The van der Waals surface area contributed by atoms with E-state index in [0.717, 1.165) is 14.4 Å². The van der Waals surface area contributed by atoms with Gasteiger partial charge in [0.05, 0.1) is 5.75 Å². The average Bonchev–Trinajstić information content (AvgIpc) is 2.83. The first kappa shape index (κ1) is 14.4. The highest BCUT2D eigenvalue weighted by molar-refractivity contribution is 8.03. The molecule has 100 valence electrons. The lowest BCUT2D eigenvalue weighted by Gasteiger charge is -2.02. The van der Waals surface area contributed by atoms with Gasteiger partial charge in [-0.2, -0.15) is 0 Å². The van der Waals surface area contributed by atoms with Gasteiger partial charge >= 0.3 is 0 Å². The number of benzene rings is 1. The van der Waals surface area contributed by atoms with Gasteiger partial charge in [-0.1, -0.05) is 59.1 Å². The zero-order valence-corrected chi connectivity index (χ0v) is 12.8.